The van der Waals surface area contributed by atoms with Crippen molar-refractivity contribution in [3.63, 3.8) is 0 Å². The molecule has 2 aromatic heterocycles. The van der Waals surface area contributed by atoms with Crippen molar-refractivity contribution in [3.05, 3.63) is 64.2 Å². The number of fused-ring (bicyclic) bond motifs is 1. The lowest BCUT2D eigenvalue weighted by Crippen LogP contribution is -2.49. The van der Waals surface area contributed by atoms with Crippen LogP contribution in [0.1, 0.15) is 85.4 Å². The van der Waals surface area contributed by atoms with Crippen LogP contribution in [0.5, 0.6) is 0 Å². The maximum Gasteiger partial charge on any atom is 0.416 e. The molecule has 6 rings (SSSR count). The number of pyridine rings is 1. The number of likely N-dealkylation sites (tertiary alicyclic amines) is 1. The Balaban J connectivity index is 1.44. The molecule has 1 atom stereocenters. The monoisotopic (exact) mass is 708 g/mol. The second-order valence-corrected chi connectivity index (χ2v) is 15.0. The van der Waals surface area contributed by atoms with Gasteiger partial charge in [0.25, 0.3) is 5.91 Å². The van der Waals surface area contributed by atoms with E-state index in [2.05, 4.69) is 22.0 Å². The highest BCUT2D eigenvalue weighted by molar-refractivity contribution is 6.10. The quantitative estimate of drug-likeness (QED) is 0.271. The number of hydrogen-bond acceptors (Lipinski definition) is 9. The zero-order valence-corrected chi connectivity index (χ0v) is 29.6. The summed E-state index contributed by atoms with van der Waals surface area (Å²) in [5.74, 6) is 0.648. The lowest BCUT2D eigenvalue weighted by Gasteiger charge is -2.42. The molecule has 2 fully saturated rings. The van der Waals surface area contributed by atoms with Crippen LogP contribution in [0.2, 0.25) is 0 Å². The summed E-state index contributed by atoms with van der Waals surface area (Å²) in [7, 11) is 1.82. The Morgan fingerprint density at radius 1 is 1.20 bits per heavy atom. The molecule has 0 aliphatic carbocycles. The van der Waals surface area contributed by atoms with E-state index in [9.17, 15) is 28.0 Å². The van der Waals surface area contributed by atoms with Crippen LogP contribution in [-0.4, -0.2) is 75.1 Å². The van der Waals surface area contributed by atoms with E-state index in [4.69, 9.17) is 14.5 Å². The van der Waals surface area contributed by atoms with Crippen LogP contribution < -0.4 is 9.80 Å². The second-order valence-electron chi connectivity index (χ2n) is 15.0. The van der Waals surface area contributed by atoms with Crippen molar-refractivity contribution in [1.82, 2.24) is 24.6 Å². The topological polar surface area (TPSA) is 130 Å². The van der Waals surface area contributed by atoms with Crippen LogP contribution in [0, 0.1) is 17.2 Å². The van der Waals surface area contributed by atoms with Crippen LogP contribution in [0.3, 0.4) is 0 Å². The molecule has 3 aromatic rings. The molecule has 1 aromatic carbocycles. The first-order valence-corrected chi connectivity index (χ1v) is 17.1. The fourth-order valence-corrected chi connectivity index (χ4v) is 7.04. The number of amides is 2. The zero-order chi connectivity index (χ0) is 36.7. The van der Waals surface area contributed by atoms with Gasteiger partial charge in [0.15, 0.2) is 0 Å². The number of ether oxygens (including phenoxy) is 2. The second kappa shape index (κ2) is 13.9. The summed E-state index contributed by atoms with van der Waals surface area (Å²) < 4.78 is 57.1. The Hall–Kier alpha value is -4.55. The first kappa shape index (κ1) is 36.2. The van der Waals surface area contributed by atoms with Gasteiger partial charge in [0.05, 0.1) is 37.8 Å². The Morgan fingerprint density at radius 3 is 2.57 bits per heavy atom. The maximum atomic E-state index is 14.6. The smallest absolute Gasteiger partial charge is 0.416 e. The summed E-state index contributed by atoms with van der Waals surface area (Å²) in [5, 5.41) is 17.7. The van der Waals surface area contributed by atoms with Crippen molar-refractivity contribution in [3.8, 4) is 6.07 Å². The fourth-order valence-electron chi connectivity index (χ4n) is 7.04. The van der Waals surface area contributed by atoms with Gasteiger partial charge in [-0.25, -0.2) is 9.78 Å². The number of nitriles is 1. The molecule has 12 nitrogen and oxygen atoms in total. The van der Waals surface area contributed by atoms with Gasteiger partial charge in [-0.05, 0) is 87.0 Å². The number of halogens is 3. The molecule has 0 saturated carbocycles. The van der Waals surface area contributed by atoms with E-state index in [1.807, 2.05) is 13.1 Å². The van der Waals surface area contributed by atoms with Crippen molar-refractivity contribution in [2.24, 2.45) is 13.0 Å². The normalized spacial score (nSPS) is 19.0. The summed E-state index contributed by atoms with van der Waals surface area (Å²) in [4.78, 5) is 37.1. The van der Waals surface area contributed by atoms with Crippen LogP contribution in [0.25, 0.3) is 0 Å². The first-order valence-electron chi connectivity index (χ1n) is 17.1. The molecule has 0 bridgehead atoms. The predicted octanol–water partition coefficient (Wildman–Crippen LogP) is 5.79. The summed E-state index contributed by atoms with van der Waals surface area (Å²) in [5.41, 5.74) is -1.46. The van der Waals surface area contributed by atoms with Gasteiger partial charge in [-0.2, -0.15) is 18.4 Å². The standard InChI is InChI=1S/C36H43F3N8O4/c1-23-8-6-10-45(17-23)18-24-12-26-27(28(13-24)36(37,38)39)19-47(32(26)48)30-15-25(35(20-50-21-35)16-31-43-41-22-44(31)5)14-29(42-30)46(11-7-9-40)33(49)51-34(2,3)4/h12-15,22-23H,6-8,10-11,16-21H2,1-5H3/t23-/m0/s1. The minimum atomic E-state index is -4.69. The number of carbonyl (C=O) groups excluding carboxylic acids is 2. The third kappa shape index (κ3) is 7.72. The third-order valence-corrected chi connectivity index (χ3v) is 9.64. The summed E-state index contributed by atoms with van der Waals surface area (Å²) >= 11 is 0. The molecular weight excluding hydrogens is 665 g/mol. The van der Waals surface area contributed by atoms with Crippen LogP contribution >= 0.6 is 0 Å². The van der Waals surface area contributed by atoms with Gasteiger partial charge in [0.1, 0.15) is 29.4 Å². The average molecular weight is 709 g/mol. The molecule has 0 spiro atoms. The summed E-state index contributed by atoms with van der Waals surface area (Å²) in [6, 6.07) is 8.15. The highest BCUT2D eigenvalue weighted by Gasteiger charge is 2.45. The molecular formula is C36H43F3N8O4. The van der Waals surface area contributed by atoms with E-state index < -0.39 is 34.8 Å². The molecule has 15 heteroatoms. The number of rotatable bonds is 9. The molecule has 51 heavy (non-hydrogen) atoms. The number of nitrogens with zero attached hydrogens (tertiary/aromatic N) is 8. The number of hydrogen-bond donors (Lipinski definition) is 0. The number of piperidine rings is 1. The van der Waals surface area contributed by atoms with Gasteiger partial charge in [-0.1, -0.05) is 6.92 Å². The third-order valence-electron chi connectivity index (χ3n) is 9.64. The van der Waals surface area contributed by atoms with E-state index in [0.717, 1.165) is 32.0 Å². The lowest BCUT2D eigenvalue weighted by molar-refractivity contribution is -0.138. The van der Waals surface area contributed by atoms with Gasteiger partial charge < -0.3 is 14.0 Å². The van der Waals surface area contributed by atoms with Crippen molar-refractivity contribution in [2.45, 2.75) is 83.7 Å². The highest BCUT2D eigenvalue weighted by atomic mass is 19.4. The molecule has 0 unspecified atom stereocenters. The first-order chi connectivity index (χ1) is 24.1. The summed E-state index contributed by atoms with van der Waals surface area (Å²) in [6.45, 7) is 9.24. The van der Waals surface area contributed by atoms with Crippen molar-refractivity contribution in [1.29, 1.82) is 5.26 Å². The van der Waals surface area contributed by atoms with Crippen LogP contribution in [0.4, 0.5) is 29.6 Å². The molecule has 3 aliphatic heterocycles. The Morgan fingerprint density at radius 2 is 1.96 bits per heavy atom. The number of carbonyl (C=O) groups is 2. The highest BCUT2D eigenvalue weighted by Crippen LogP contribution is 2.42. The van der Waals surface area contributed by atoms with Crippen LogP contribution in [0.15, 0.2) is 30.6 Å². The minimum Gasteiger partial charge on any atom is -0.443 e. The van der Waals surface area contributed by atoms with Crippen LogP contribution in [-0.2, 0) is 47.6 Å². The van der Waals surface area contributed by atoms with Gasteiger partial charge in [-0.15, -0.1) is 10.2 Å². The van der Waals surface area contributed by atoms with E-state index >= 15 is 0 Å². The molecule has 5 heterocycles. The molecule has 3 aliphatic rings. The molecule has 272 valence electrons. The number of anilines is 2. The van der Waals surface area contributed by atoms with Gasteiger partial charge in [-0.3, -0.25) is 19.5 Å². The van der Waals surface area contributed by atoms with E-state index in [0.29, 0.717) is 35.8 Å². The van der Waals surface area contributed by atoms with E-state index in [1.165, 1.54) is 9.80 Å². The van der Waals surface area contributed by atoms with Crippen molar-refractivity contribution < 1.29 is 32.2 Å². The molecule has 0 radical (unpaired) electrons. The van der Waals surface area contributed by atoms with E-state index in [1.54, 1.807) is 49.9 Å². The fraction of sp³-hybridized carbons (Fsp3) is 0.556. The zero-order valence-electron chi connectivity index (χ0n) is 29.6. The van der Waals surface area contributed by atoms with Crippen molar-refractivity contribution >= 4 is 23.6 Å². The minimum absolute atomic E-state index is 0.0205. The van der Waals surface area contributed by atoms with Gasteiger partial charge in [0.2, 0.25) is 0 Å². The summed E-state index contributed by atoms with van der Waals surface area (Å²) in [6.07, 6.45) is -1.49. The number of aromatic nitrogens is 4. The van der Waals surface area contributed by atoms with Gasteiger partial charge >= 0.3 is 12.3 Å². The Kier molecular flexibility index (Phi) is 9.86. The van der Waals surface area contributed by atoms with Crippen molar-refractivity contribution in [2.75, 3.05) is 42.6 Å². The number of aryl methyl sites for hydroxylation is 1. The molecule has 2 amide bonds. The SMILES string of the molecule is C[C@H]1CCCN(Cc2cc3c(c(C(F)(F)F)c2)CN(c2cc(C4(Cc5nncn5C)COC4)cc(N(CCC#N)C(=O)OC(C)(C)C)n2)C3=O)C1. The Labute approximate surface area is 295 Å². The lowest BCUT2D eigenvalue weighted by atomic mass is 9.75. The number of alkyl halides is 3. The predicted molar refractivity (Wildman–Crippen MR) is 181 cm³/mol. The average Bonchev–Trinajstić information content (AvgIpc) is 3.59. The van der Waals surface area contributed by atoms with Gasteiger partial charge in [0, 0.05) is 44.1 Å². The largest absolute Gasteiger partial charge is 0.443 e. The van der Waals surface area contributed by atoms with E-state index in [-0.39, 0.29) is 55.5 Å². The number of benzene rings is 1. The Bertz CT molecular complexity index is 1840. The maximum absolute atomic E-state index is 14.6. The molecule has 0 N–H and O–H groups in total. The molecule has 2 saturated heterocycles.